The first-order valence-electron chi connectivity index (χ1n) is 7.13. The number of rotatable bonds is 3. The van der Waals surface area contributed by atoms with Gasteiger partial charge in [0.15, 0.2) is 0 Å². The van der Waals surface area contributed by atoms with Crippen LogP contribution in [0, 0.1) is 0 Å². The van der Waals surface area contributed by atoms with Crippen LogP contribution in [0.25, 0.3) is 0 Å². The van der Waals surface area contributed by atoms with Crippen molar-refractivity contribution in [2.75, 3.05) is 13.7 Å². The fourth-order valence-corrected chi connectivity index (χ4v) is 2.61. The predicted octanol–water partition coefficient (Wildman–Crippen LogP) is 0.906. The lowest BCUT2D eigenvalue weighted by Crippen LogP contribution is -2.39. The molecule has 6 nitrogen and oxygen atoms in total. The fourth-order valence-electron chi connectivity index (χ4n) is 2.61. The van der Waals surface area contributed by atoms with E-state index in [1.54, 1.807) is 12.0 Å². The minimum atomic E-state index is -0.104. The van der Waals surface area contributed by atoms with Gasteiger partial charge in [0.25, 0.3) is 5.56 Å². The summed E-state index contributed by atoms with van der Waals surface area (Å²) in [7, 11) is 1.61. The smallest absolute Gasteiger partial charge is 0.254 e. The molecule has 0 unspecified atom stereocenters. The standard InChI is InChI=1S/C16H17N3O3/c1-22-12-4-2-11(3-5-12)8-15(20)19-7-6-13-14(9-19)17-10-18-16(13)21/h2-5,10H,6-9H2,1H3,(H,17,18,21). The number of hydrogen-bond acceptors (Lipinski definition) is 4. The molecule has 1 aromatic carbocycles. The van der Waals surface area contributed by atoms with Crippen LogP contribution in [0.15, 0.2) is 35.4 Å². The zero-order valence-corrected chi connectivity index (χ0v) is 12.3. The van der Waals surface area contributed by atoms with Gasteiger partial charge in [0.1, 0.15) is 5.75 Å². The van der Waals surface area contributed by atoms with E-state index in [-0.39, 0.29) is 11.5 Å². The molecule has 0 radical (unpaired) electrons. The summed E-state index contributed by atoms with van der Waals surface area (Å²) in [6, 6.07) is 7.46. The number of benzene rings is 1. The summed E-state index contributed by atoms with van der Waals surface area (Å²) in [4.78, 5) is 32.6. The second kappa shape index (κ2) is 6.01. The molecule has 0 saturated heterocycles. The summed E-state index contributed by atoms with van der Waals surface area (Å²) in [6.07, 6.45) is 2.27. The highest BCUT2D eigenvalue weighted by molar-refractivity contribution is 5.79. The number of hydrogen-bond donors (Lipinski definition) is 1. The van der Waals surface area contributed by atoms with Crippen molar-refractivity contribution in [3.63, 3.8) is 0 Å². The summed E-state index contributed by atoms with van der Waals surface area (Å²) >= 11 is 0. The minimum absolute atomic E-state index is 0.0397. The molecule has 0 atom stereocenters. The van der Waals surface area contributed by atoms with Crippen molar-refractivity contribution in [1.82, 2.24) is 14.9 Å². The van der Waals surface area contributed by atoms with Gasteiger partial charge in [-0.1, -0.05) is 12.1 Å². The van der Waals surface area contributed by atoms with Crippen LogP contribution >= 0.6 is 0 Å². The van der Waals surface area contributed by atoms with Gasteiger partial charge in [-0.3, -0.25) is 9.59 Å². The number of ether oxygens (including phenoxy) is 1. The Kier molecular flexibility index (Phi) is 3.91. The van der Waals surface area contributed by atoms with Crippen LogP contribution in [0.4, 0.5) is 0 Å². The summed E-state index contributed by atoms with van der Waals surface area (Å²) in [5, 5.41) is 0. The largest absolute Gasteiger partial charge is 0.497 e. The Morgan fingerprint density at radius 3 is 2.86 bits per heavy atom. The van der Waals surface area contributed by atoms with Crippen molar-refractivity contribution in [2.45, 2.75) is 19.4 Å². The van der Waals surface area contributed by atoms with Gasteiger partial charge in [-0.05, 0) is 24.1 Å². The van der Waals surface area contributed by atoms with Crippen LogP contribution in [-0.2, 0) is 24.2 Å². The Bertz CT molecular complexity index is 737. The van der Waals surface area contributed by atoms with Crippen LogP contribution in [-0.4, -0.2) is 34.4 Å². The van der Waals surface area contributed by atoms with Gasteiger partial charge in [0.05, 0.1) is 32.1 Å². The Morgan fingerprint density at radius 2 is 2.14 bits per heavy atom. The maximum Gasteiger partial charge on any atom is 0.254 e. The highest BCUT2D eigenvalue weighted by Gasteiger charge is 2.23. The molecule has 1 aliphatic rings. The van der Waals surface area contributed by atoms with Gasteiger partial charge in [-0.15, -0.1) is 0 Å². The van der Waals surface area contributed by atoms with E-state index < -0.39 is 0 Å². The minimum Gasteiger partial charge on any atom is -0.497 e. The van der Waals surface area contributed by atoms with Crippen LogP contribution in [0.3, 0.4) is 0 Å². The first-order valence-corrected chi connectivity index (χ1v) is 7.13. The number of aromatic nitrogens is 2. The zero-order chi connectivity index (χ0) is 15.5. The fraction of sp³-hybridized carbons (Fsp3) is 0.312. The predicted molar refractivity (Wildman–Crippen MR) is 80.7 cm³/mol. The van der Waals surface area contributed by atoms with Crippen LogP contribution in [0.1, 0.15) is 16.8 Å². The lowest BCUT2D eigenvalue weighted by Gasteiger charge is -2.27. The lowest BCUT2D eigenvalue weighted by molar-refractivity contribution is -0.131. The molecule has 6 heteroatoms. The van der Waals surface area contributed by atoms with Gasteiger partial charge < -0.3 is 14.6 Å². The molecule has 0 aliphatic carbocycles. The first-order chi connectivity index (χ1) is 10.7. The molecule has 0 fully saturated rings. The van der Waals surface area contributed by atoms with Gasteiger partial charge in [-0.25, -0.2) is 4.98 Å². The summed E-state index contributed by atoms with van der Waals surface area (Å²) in [5.41, 5.74) is 2.22. The van der Waals surface area contributed by atoms with Crippen molar-refractivity contribution < 1.29 is 9.53 Å². The molecular weight excluding hydrogens is 282 g/mol. The number of aromatic amines is 1. The molecule has 2 aromatic rings. The highest BCUT2D eigenvalue weighted by atomic mass is 16.5. The van der Waals surface area contributed by atoms with Crippen LogP contribution < -0.4 is 10.3 Å². The van der Waals surface area contributed by atoms with Gasteiger partial charge in [0.2, 0.25) is 5.91 Å². The quantitative estimate of drug-likeness (QED) is 0.914. The maximum atomic E-state index is 12.4. The number of nitrogens with zero attached hydrogens (tertiary/aromatic N) is 2. The van der Waals surface area contributed by atoms with E-state index in [0.29, 0.717) is 37.2 Å². The van der Waals surface area contributed by atoms with Crippen molar-refractivity contribution >= 4 is 5.91 Å². The number of carbonyl (C=O) groups is 1. The Labute approximate surface area is 127 Å². The van der Waals surface area contributed by atoms with Crippen molar-refractivity contribution in [2.24, 2.45) is 0 Å². The van der Waals surface area contributed by atoms with Gasteiger partial charge in [-0.2, -0.15) is 0 Å². The zero-order valence-electron chi connectivity index (χ0n) is 12.3. The number of methoxy groups -OCH3 is 1. The third kappa shape index (κ3) is 2.86. The summed E-state index contributed by atoms with van der Waals surface area (Å²) in [6.45, 7) is 0.949. The maximum absolute atomic E-state index is 12.4. The third-order valence-corrected chi connectivity index (χ3v) is 3.88. The molecule has 22 heavy (non-hydrogen) atoms. The van der Waals surface area contributed by atoms with Crippen LogP contribution in [0.2, 0.25) is 0 Å². The van der Waals surface area contributed by atoms with E-state index >= 15 is 0 Å². The van der Waals surface area contributed by atoms with Crippen molar-refractivity contribution in [3.8, 4) is 5.75 Å². The lowest BCUT2D eigenvalue weighted by atomic mass is 10.1. The molecule has 0 saturated carbocycles. The number of nitrogens with one attached hydrogen (secondary N) is 1. The molecule has 3 rings (SSSR count). The van der Waals surface area contributed by atoms with Crippen LogP contribution in [0.5, 0.6) is 5.75 Å². The van der Waals surface area contributed by atoms with Crippen molar-refractivity contribution in [1.29, 1.82) is 0 Å². The van der Waals surface area contributed by atoms with Gasteiger partial charge >= 0.3 is 0 Å². The second-order valence-electron chi connectivity index (χ2n) is 5.25. The number of fused-ring (bicyclic) bond motifs is 1. The van der Waals surface area contributed by atoms with E-state index in [0.717, 1.165) is 11.3 Å². The SMILES string of the molecule is COc1ccc(CC(=O)N2CCc3c(nc[nH]c3=O)C2)cc1. The molecule has 2 heterocycles. The number of amides is 1. The van der Waals surface area contributed by atoms with E-state index in [9.17, 15) is 9.59 Å². The Hall–Kier alpha value is -2.63. The summed E-state index contributed by atoms with van der Waals surface area (Å²) < 4.78 is 5.10. The monoisotopic (exact) mass is 299 g/mol. The number of H-pyrrole nitrogens is 1. The topological polar surface area (TPSA) is 75.3 Å². The highest BCUT2D eigenvalue weighted by Crippen LogP contribution is 2.16. The molecular formula is C16H17N3O3. The molecule has 1 aromatic heterocycles. The van der Waals surface area contributed by atoms with E-state index in [4.69, 9.17) is 4.74 Å². The average molecular weight is 299 g/mol. The van der Waals surface area contributed by atoms with E-state index in [1.165, 1.54) is 6.33 Å². The second-order valence-corrected chi connectivity index (χ2v) is 5.25. The summed E-state index contributed by atoms with van der Waals surface area (Å²) in [5.74, 6) is 0.810. The molecule has 0 spiro atoms. The number of carbonyl (C=O) groups excluding carboxylic acids is 1. The normalized spacial score (nSPS) is 13.6. The molecule has 1 amide bonds. The van der Waals surface area contributed by atoms with Gasteiger partial charge in [0, 0.05) is 12.1 Å². The molecule has 1 aliphatic heterocycles. The molecule has 114 valence electrons. The van der Waals surface area contributed by atoms with Crippen molar-refractivity contribution in [3.05, 3.63) is 57.8 Å². The molecule has 1 N–H and O–H groups in total. The Balaban J connectivity index is 1.69. The first kappa shape index (κ1) is 14.3. The Morgan fingerprint density at radius 1 is 1.36 bits per heavy atom. The molecule has 0 bridgehead atoms. The third-order valence-electron chi connectivity index (χ3n) is 3.88. The van der Waals surface area contributed by atoms with E-state index in [1.807, 2.05) is 24.3 Å². The van der Waals surface area contributed by atoms with E-state index in [2.05, 4.69) is 9.97 Å². The average Bonchev–Trinajstić information content (AvgIpc) is 2.55.